The molecule has 9 heteroatoms. The van der Waals surface area contributed by atoms with Gasteiger partial charge in [0.25, 0.3) is 0 Å². The zero-order valence-electron chi connectivity index (χ0n) is 20.7. The number of nitrogens with zero attached hydrogens (tertiary/aromatic N) is 2. The molecule has 8 nitrogen and oxygen atoms in total. The normalized spacial score (nSPS) is 11.8. The average molecular weight is 509 g/mol. The second-order valence-electron chi connectivity index (χ2n) is 7.93. The first-order chi connectivity index (χ1) is 17.6. The molecule has 0 saturated carbocycles. The summed E-state index contributed by atoms with van der Waals surface area (Å²) in [5.74, 6) is -0.242. The van der Waals surface area contributed by atoms with Crippen LogP contribution in [0.15, 0.2) is 101 Å². The fourth-order valence-electron chi connectivity index (χ4n) is 3.66. The molecule has 3 aromatic carbocycles. The first-order valence-electron chi connectivity index (χ1n) is 11.3. The Kier molecular flexibility index (Phi) is 10.8. The monoisotopic (exact) mass is 508 g/mol. The summed E-state index contributed by atoms with van der Waals surface area (Å²) in [5, 5.41) is 19.1. The number of hydrogen-bond acceptors (Lipinski definition) is 8. The van der Waals surface area contributed by atoms with Gasteiger partial charge < -0.3 is 28.7 Å². The Morgan fingerprint density at radius 1 is 0.946 bits per heavy atom. The van der Waals surface area contributed by atoms with Crippen LogP contribution in [0.25, 0.3) is 0 Å². The van der Waals surface area contributed by atoms with E-state index in [9.17, 15) is 9.90 Å². The number of carbonyl (C=O) groups is 1. The first kappa shape index (κ1) is 28.0. The van der Waals surface area contributed by atoms with Gasteiger partial charge in [-0.1, -0.05) is 64.9 Å². The summed E-state index contributed by atoms with van der Waals surface area (Å²) >= 11 is 0. The van der Waals surface area contributed by atoms with Gasteiger partial charge in [-0.25, -0.2) is 0 Å². The number of carbonyl (C=O) groups excluding carboxylic acids is 1. The summed E-state index contributed by atoms with van der Waals surface area (Å²) < 4.78 is 16.6. The molecule has 0 aliphatic rings. The van der Waals surface area contributed by atoms with Crippen LogP contribution in [0, 0.1) is 0 Å². The van der Waals surface area contributed by atoms with Gasteiger partial charge in [-0.2, -0.15) is 0 Å². The minimum atomic E-state index is -1.15. The van der Waals surface area contributed by atoms with Gasteiger partial charge in [0.2, 0.25) is 0 Å². The maximum atomic E-state index is 11.2. The number of ether oxygens (including phenoxy) is 2. The number of aliphatic carboxylic acids is 1. The second kappa shape index (κ2) is 14.2. The number of carboxylic acid groups (broad SMARTS) is 1. The van der Waals surface area contributed by atoms with Crippen molar-refractivity contribution in [2.75, 3.05) is 13.7 Å². The molecule has 0 radical (unpaired) electrons. The fourth-order valence-corrected chi connectivity index (χ4v) is 3.66. The van der Waals surface area contributed by atoms with Crippen LogP contribution in [-0.2, 0) is 16.2 Å². The van der Waals surface area contributed by atoms with Gasteiger partial charge >= 0.3 is 29.6 Å². The Labute approximate surface area is 237 Å². The fraction of sp³-hybridized carbons (Fsp3) is 0.179. The van der Waals surface area contributed by atoms with Crippen LogP contribution < -0.4 is 44.1 Å². The molecular formula is C28H25N2NaO6. The largest absolute Gasteiger partial charge is 1.00 e. The minimum absolute atomic E-state index is 0. The quantitative estimate of drug-likeness (QED) is 0.159. The number of rotatable bonds is 12. The van der Waals surface area contributed by atoms with Gasteiger partial charge in [0, 0.05) is 23.5 Å². The number of oxime groups is 1. The van der Waals surface area contributed by atoms with E-state index in [-0.39, 0.29) is 42.6 Å². The van der Waals surface area contributed by atoms with E-state index < -0.39 is 11.9 Å². The molecule has 1 heterocycles. The molecule has 0 amide bonds. The standard InChI is InChI=1S/C28H26N2O6.Na/c1-33-29-27(22-5-3-2-4-6-22)19-35-23-11-7-20(8-12-23)18-34-24-13-9-21(10-14-24)25(17-28(31)32)26-15-16-36-30-26;/h2-16,25H,17-19H2,1H3,(H,31,32);/q;+1/p-1. The maximum Gasteiger partial charge on any atom is 1.00 e. The smallest absolute Gasteiger partial charge is 0.550 e. The van der Waals surface area contributed by atoms with Crippen LogP contribution in [0.4, 0.5) is 0 Å². The van der Waals surface area contributed by atoms with Crippen LogP contribution in [-0.4, -0.2) is 30.6 Å². The molecule has 1 aromatic heterocycles. The van der Waals surface area contributed by atoms with Gasteiger partial charge in [-0.15, -0.1) is 0 Å². The third kappa shape index (κ3) is 8.21. The van der Waals surface area contributed by atoms with Crippen molar-refractivity contribution in [3.05, 3.63) is 114 Å². The Hall–Kier alpha value is -3.59. The molecule has 37 heavy (non-hydrogen) atoms. The van der Waals surface area contributed by atoms with Gasteiger partial charge in [0.1, 0.15) is 43.8 Å². The maximum absolute atomic E-state index is 11.2. The summed E-state index contributed by atoms with van der Waals surface area (Å²) in [7, 11) is 1.51. The van der Waals surface area contributed by atoms with Crippen molar-refractivity contribution in [3.63, 3.8) is 0 Å². The molecular weight excluding hydrogens is 483 g/mol. The van der Waals surface area contributed by atoms with Crippen molar-refractivity contribution in [1.29, 1.82) is 0 Å². The van der Waals surface area contributed by atoms with Gasteiger partial charge in [0.05, 0.1) is 5.69 Å². The summed E-state index contributed by atoms with van der Waals surface area (Å²) in [6, 6.07) is 26.2. The van der Waals surface area contributed by atoms with Crippen LogP contribution in [0.5, 0.6) is 11.5 Å². The first-order valence-corrected chi connectivity index (χ1v) is 11.3. The zero-order valence-corrected chi connectivity index (χ0v) is 22.7. The van der Waals surface area contributed by atoms with Crippen LogP contribution in [0.3, 0.4) is 0 Å². The molecule has 4 aromatic rings. The van der Waals surface area contributed by atoms with E-state index in [1.54, 1.807) is 18.2 Å². The Morgan fingerprint density at radius 2 is 1.62 bits per heavy atom. The molecule has 4 rings (SSSR count). The SMILES string of the molecule is CON=C(COc1ccc(COc2ccc(C(CC(=O)[O-])c3ccon3)cc2)cc1)c1ccccc1.[Na+]. The number of carboxylic acids is 1. The van der Waals surface area contributed by atoms with E-state index in [1.165, 1.54) is 13.4 Å². The van der Waals surface area contributed by atoms with Crippen LogP contribution >= 0.6 is 0 Å². The Balaban J connectivity index is 0.00000380. The molecule has 0 bridgehead atoms. The number of benzene rings is 3. The second-order valence-corrected chi connectivity index (χ2v) is 7.93. The van der Waals surface area contributed by atoms with Crippen molar-refractivity contribution in [3.8, 4) is 11.5 Å². The van der Waals surface area contributed by atoms with Gasteiger partial charge in [-0.3, -0.25) is 0 Å². The summed E-state index contributed by atoms with van der Waals surface area (Å²) in [6.07, 6.45) is 1.23. The van der Waals surface area contributed by atoms with Crippen LogP contribution in [0.1, 0.15) is 34.7 Å². The third-order valence-corrected chi connectivity index (χ3v) is 5.48. The number of aromatic nitrogens is 1. The van der Waals surface area contributed by atoms with E-state index in [4.69, 9.17) is 18.8 Å². The molecule has 0 saturated heterocycles. The van der Waals surface area contributed by atoms with Crippen molar-refractivity contribution in [2.45, 2.75) is 18.9 Å². The third-order valence-electron chi connectivity index (χ3n) is 5.48. The molecule has 0 aliphatic heterocycles. The number of hydrogen-bond donors (Lipinski definition) is 0. The van der Waals surface area contributed by atoms with Gasteiger partial charge in [0.15, 0.2) is 0 Å². The van der Waals surface area contributed by atoms with E-state index in [2.05, 4.69) is 10.3 Å². The van der Waals surface area contributed by atoms with E-state index >= 15 is 0 Å². The minimum Gasteiger partial charge on any atom is -0.550 e. The van der Waals surface area contributed by atoms with Crippen molar-refractivity contribution < 1.29 is 58.3 Å². The molecule has 0 spiro atoms. The van der Waals surface area contributed by atoms with Gasteiger partial charge in [-0.05, 0) is 41.8 Å². The topological polar surface area (TPSA) is 106 Å². The Morgan fingerprint density at radius 3 is 2.24 bits per heavy atom. The van der Waals surface area contributed by atoms with E-state index in [0.29, 0.717) is 29.5 Å². The average Bonchev–Trinajstić information content (AvgIpc) is 3.45. The predicted molar refractivity (Wildman–Crippen MR) is 131 cm³/mol. The molecule has 1 unspecified atom stereocenters. The Bertz CT molecular complexity index is 1260. The van der Waals surface area contributed by atoms with E-state index in [0.717, 1.165) is 16.7 Å². The van der Waals surface area contributed by atoms with Crippen LogP contribution in [0.2, 0.25) is 0 Å². The predicted octanol–water partition coefficient (Wildman–Crippen LogP) is 0.959. The van der Waals surface area contributed by atoms with Crippen molar-refractivity contribution in [1.82, 2.24) is 5.16 Å². The molecule has 0 N–H and O–H groups in total. The summed E-state index contributed by atoms with van der Waals surface area (Å²) in [4.78, 5) is 16.1. The van der Waals surface area contributed by atoms with E-state index in [1.807, 2.05) is 66.7 Å². The molecule has 184 valence electrons. The van der Waals surface area contributed by atoms with Crippen molar-refractivity contribution >= 4 is 11.7 Å². The summed E-state index contributed by atoms with van der Waals surface area (Å²) in [6.45, 7) is 0.638. The van der Waals surface area contributed by atoms with Crippen molar-refractivity contribution in [2.24, 2.45) is 5.16 Å². The summed E-state index contributed by atoms with van der Waals surface area (Å²) in [5.41, 5.74) is 3.92. The zero-order chi connectivity index (χ0) is 25.2. The molecule has 1 atom stereocenters. The molecule has 0 aliphatic carbocycles. The molecule has 0 fully saturated rings.